The molecule has 0 radical (unpaired) electrons. The highest BCUT2D eigenvalue weighted by Gasteiger charge is 2.21. The second-order valence-electron chi connectivity index (χ2n) is 7.84. The van der Waals surface area contributed by atoms with Crippen molar-refractivity contribution < 1.29 is 18.7 Å². The molecule has 2 aromatic rings. The number of rotatable bonds is 7. The Morgan fingerprint density at radius 2 is 1.93 bits per heavy atom. The minimum Gasteiger partial charge on any atom is -0.444 e. The van der Waals surface area contributed by atoms with E-state index in [-0.39, 0.29) is 0 Å². The molecule has 160 valence electrons. The third kappa shape index (κ3) is 6.34. The zero-order valence-electron chi connectivity index (χ0n) is 17.7. The molecule has 0 aliphatic carbocycles. The number of halogens is 1. The lowest BCUT2D eigenvalue weighted by atomic mass is 10.1. The molecule has 1 heterocycles. The number of hydrogen-bond acceptors (Lipinski definition) is 3. The van der Waals surface area contributed by atoms with E-state index < -0.39 is 29.5 Å². The quantitative estimate of drug-likeness (QED) is 0.514. The molecule has 8 heteroatoms. The monoisotopic (exact) mass is 414 g/mol. The second kappa shape index (κ2) is 9.92. The molecule has 0 saturated carbocycles. The smallest absolute Gasteiger partial charge is 0.407 e. The fourth-order valence-corrected chi connectivity index (χ4v) is 2.90. The molecule has 1 aromatic heterocycles. The molecular formula is C22H27FN4O3. The molecule has 0 spiro atoms. The first-order valence-electron chi connectivity index (χ1n) is 9.71. The summed E-state index contributed by atoms with van der Waals surface area (Å²) in [7, 11) is 0. The third-order valence-electron chi connectivity index (χ3n) is 4.25. The highest BCUT2D eigenvalue weighted by molar-refractivity contribution is 5.93. The molecule has 0 fully saturated rings. The van der Waals surface area contributed by atoms with E-state index in [1.165, 1.54) is 6.07 Å². The van der Waals surface area contributed by atoms with Crippen LogP contribution in [0.25, 0.3) is 4.85 Å². The number of carbonyl (C=O) groups is 2. The number of ether oxygens (including phenoxy) is 1. The number of benzene rings is 1. The van der Waals surface area contributed by atoms with E-state index in [4.69, 9.17) is 11.3 Å². The van der Waals surface area contributed by atoms with Crippen LogP contribution in [-0.4, -0.2) is 28.7 Å². The van der Waals surface area contributed by atoms with Gasteiger partial charge in [-0.3, -0.25) is 9.36 Å². The summed E-state index contributed by atoms with van der Waals surface area (Å²) in [5.74, 6) is -0.479. The van der Waals surface area contributed by atoms with Gasteiger partial charge in [0.1, 0.15) is 11.4 Å². The SMILES string of the molecule is [C-]#[N+]c1ccc(C(=O)N[C@@H](C)c2ccccc2F)n1CCCNC(=O)OC(C)(C)C. The maximum absolute atomic E-state index is 14.0. The molecule has 1 aromatic carbocycles. The predicted octanol–water partition coefficient (Wildman–Crippen LogP) is 4.58. The van der Waals surface area contributed by atoms with Crippen molar-refractivity contribution >= 4 is 17.8 Å². The summed E-state index contributed by atoms with van der Waals surface area (Å²) in [6, 6.07) is 8.86. The van der Waals surface area contributed by atoms with E-state index in [1.807, 2.05) is 0 Å². The van der Waals surface area contributed by atoms with Crippen molar-refractivity contribution in [2.24, 2.45) is 0 Å². The minimum absolute atomic E-state index is 0.307. The van der Waals surface area contributed by atoms with Gasteiger partial charge in [0.25, 0.3) is 5.91 Å². The Morgan fingerprint density at radius 3 is 2.57 bits per heavy atom. The standard InChI is InChI=1S/C22H27FN4O3/c1-15(16-9-6-7-10-17(16)23)26-20(28)18-11-12-19(24-5)27(18)14-8-13-25-21(29)30-22(2,3)4/h6-7,9-12,15H,8,13-14H2,1-4H3,(H,25,29)(H,26,28)/t15-/m0/s1. The van der Waals surface area contributed by atoms with Crippen molar-refractivity contribution in [3.8, 4) is 0 Å². The fraction of sp³-hybridized carbons (Fsp3) is 0.409. The Bertz CT molecular complexity index is 941. The van der Waals surface area contributed by atoms with Crippen molar-refractivity contribution in [3.63, 3.8) is 0 Å². The van der Waals surface area contributed by atoms with Crippen LogP contribution in [0.5, 0.6) is 0 Å². The highest BCUT2D eigenvalue weighted by atomic mass is 19.1. The van der Waals surface area contributed by atoms with E-state index in [2.05, 4.69) is 15.5 Å². The van der Waals surface area contributed by atoms with Gasteiger partial charge in [0.05, 0.1) is 12.6 Å². The van der Waals surface area contributed by atoms with Crippen molar-refractivity contribution in [3.05, 3.63) is 64.9 Å². The van der Waals surface area contributed by atoms with Gasteiger partial charge in [-0.25, -0.2) is 9.18 Å². The van der Waals surface area contributed by atoms with Crippen LogP contribution in [0, 0.1) is 12.4 Å². The van der Waals surface area contributed by atoms with Crippen LogP contribution in [0.1, 0.15) is 56.2 Å². The van der Waals surface area contributed by atoms with Gasteiger partial charge in [0.2, 0.25) is 5.82 Å². The molecule has 2 rings (SSSR count). The molecule has 2 N–H and O–H groups in total. The first-order chi connectivity index (χ1) is 14.1. The molecule has 0 saturated heterocycles. The minimum atomic E-state index is -0.581. The van der Waals surface area contributed by atoms with Gasteiger partial charge < -0.3 is 20.2 Å². The van der Waals surface area contributed by atoms with Gasteiger partial charge >= 0.3 is 6.09 Å². The van der Waals surface area contributed by atoms with E-state index >= 15 is 0 Å². The van der Waals surface area contributed by atoms with Crippen molar-refractivity contribution in [1.82, 2.24) is 15.2 Å². The first kappa shape index (κ1) is 22.9. The Balaban J connectivity index is 2.00. The largest absolute Gasteiger partial charge is 0.444 e. The number of nitrogens with one attached hydrogen (secondary N) is 2. The van der Waals surface area contributed by atoms with E-state index in [1.54, 1.807) is 62.6 Å². The highest BCUT2D eigenvalue weighted by Crippen LogP contribution is 2.21. The molecule has 0 unspecified atom stereocenters. The summed E-state index contributed by atoms with van der Waals surface area (Å²) in [6.45, 7) is 15.0. The normalized spacial score (nSPS) is 12.0. The summed E-state index contributed by atoms with van der Waals surface area (Å²) in [6.07, 6.45) is -0.0170. The third-order valence-corrected chi connectivity index (χ3v) is 4.25. The average Bonchev–Trinajstić information content (AvgIpc) is 3.07. The molecule has 0 bridgehead atoms. The first-order valence-corrected chi connectivity index (χ1v) is 9.71. The van der Waals surface area contributed by atoms with Crippen LogP contribution in [0.15, 0.2) is 36.4 Å². The number of nitrogens with zero attached hydrogens (tertiary/aromatic N) is 2. The molecule has 0 aliphatic heterocycles. The number of hydrogen-bond donors (Lipinski definition) is 2. The summed E-state index contributed by atoms with van der Waals surface area (Å²) in [5.41, 5.74) is 0.111. The maximum atomic E-state index is 14.0. The van der Waals surface area contributed by atoms with Crippen molar-refractivity contribution in [2.75, 3.05) is 6.54 Å². The van der Waals surface area contributed by atoms with Gasteiger partial charge in [-0.05, 0) is 45.9 Å². The van der Waals surface area contributed by atoms with Crippen LogP contribution in [-0.2, 0) is 11.3 Å². The Labute approximate surface area is 176 Å². The van der Waals surface area contributed by atoms with E-state index in [9.17, 15) is 14.0 Å². The number of alkyl carbamates (subject to hydrolysis) is 1. The van der Waals surface area contributed by atoms with Gasteiger partial charge in [0, 0.05) is 18.5 Å². The molecule has 1 atom stereocenters. The Hall–Kier alpha value is -3.34. The van der Waals surface area contributed by atoms with Crippen molar-refractivity contribution in [1.29, 1.82) is 0 Å². The molecule has 0 aliphatic rings. The molecular weight excluding hydrogens is 387 g/mol. The van der Waals surface area contributed by atoms with Crippen LogP contribution < -0.4 is 10.6 Å². The maximum Gasteiger partial charge on any atom is 0.407 e. The molecule has 7 nitrogen and oxygen atoms in total. The van der Waals surface area contributed by atoms with Gasteiger partial charge in [0.15, 0.2) is 5.69 Å². The summed E-state index contributed by atoms with van der Waals surface area (Å²) < 4.78 is 20.7. The lowest BCUT2D eigenvalue weighted by molar-refractivity contribution is 0.0526. The topological polar surface area (TPSA) is 76.7 Å². The lowest BCUT2D eigenvalue weighted by Crippen LogP contribution is -2.33. The van der Waals surface area contributed by atoms with E-state index in [0.717, 1.165) is 0 Å². The van der Waals surface area contributed by atoms with Crippen molar-refractivity contribution in [2.45, 2.75) is 52.3 Å². The molecule has 30 heavy (non-hydrogen) atoms. The average molecular weight is 414 g/mol. The number of amides is 2. The summed E-state index contributed by atoms with van der Waals surface area (Å²) in [5, 5.41) is 5.43. The summed E-state index contributed by atoms with van der Waals surface area (Å²) >= 11 is 0. The summed E-state index contributed by atoms with van der Waals surface area (Å²) in [4.78, 5) is 27.9. The Morgan fingerprint density at radius 1 is 1.23 bits per heavy atom. The zero-order chi connectivity index (χ0) is 22.3. The number of aromatic nitrogens is 1. The Kier molecular flexibility index (Phi) is 7.59. The van der Waals surface area contributed by atoms with Gasteiger partial charge in [-0.1, -0.05) is 24.8 Å². The van der Waals surface area contributed by atoms with Crippen LogP contribution >= 0.6 is 0 Å². The zero-order valence-corrected chi connectivity index (χ0v) is 17.7. The predicted molar refractivity (Wildman–Crippen MR) is 112 cm³/mol. The molecule has 2 amide bonds. The fourth-order valence-electron chi connectivity index (χ4n) is 2.90. The van der Waals surface area contributed by atoms with Crippen LogP contribution in [0.4, 0.5) is 15.0 Å². The van der Waals surface area contributed by atoms with Crippen LogP contribution in [0.3, 0.4) is 0 Å². The van der Waals surface area contributed by atoms with Gasteiger partial charge in [-0.15, -0.1) is 0 Å². The van der Waals surface area contributed by atoms with Gasteiger partial charge in [-0.2, -0.15) is 0 Å². The second-order valence-corrected chi connectivity index (χ2v) is 7.84. The van der Waals surface area contributed by atoms with E-state index in [0.29, 0.717) is 36.6 Å². The lowest BCUT2D eigenvalue weighted by Gasteiger charge is -2.19. The number of carbonyl (C=O) groups excluding carboxylic acids is 2. The van der Waals surface area contributed by atoms with Crippen LogP contribution in [0.2, 0.25) is 0 Å².